The van der Waals surface area contributed by atoms with E-state index < -0.39 is 11.7 Å². The van der Waals surface area contributed by atoms with Gasteiger partial charge < -0.3 is 5.32 Å². The maximum absolute atomic E-state index is 12.8. The van der Waals surface area contributed by atoms with E-state index in [-0.39, 0.29) is 24.8 Å². The zero-order valence-electron chi connectivity index (χ0n) is 19.2. The molecule has 0 heterocycles. The van der Waals surface area contributed by atoms with Crippen LogP contribution < -0.4 is 5.32 Å². The summed E-state index contributed by atoms with van der Waals surface area (Å²) in [6, 6.07) is 18.8. The van der Waals surface area contributed by atoms with Crippen molar-refractivity contribution in [3.8, 4) is 0 Å². The SMILES string of the molecule is C=CC.CC.C[C@@H](NC(=O)CCc1cccc(C(F)(F)F)c1)c1cccc2ccccc12. The number of aryl methyl sites for hydroxylation is 1. The molecule has 0 radical (unpaired) electrons. The van der Waals surface area contributed by atoms with Gasteiger partial charge in [0.2, 0.25) is 5.91 Å². The highest BCUT2D eigenvalue weighted by Gasteiger charge is 2.30. The third kappa shape index (κ3) is 8.22. The molecule has 0 fully saturated rings. The predicted molar refractivity (Wildman–Crippen MR) is 127 cm³/mol. The Morgan fingerprint density at radius 2 is 1.62 bits per heavy atom. The number of fused-ring (bicyclic) bond motifs is 1. The van der Waals surface area contributed by atoms with Gasteiger partial charge in [0, 0.05) is 6.42 Å². The fourth-order valence-corrected chi connectivity index (χ4v) is 3.18. The van der Waals surface area contributed by atoms with E-state index in [2.05, 4.69) is 11.9 Å². The fourth-order valence-electron chi connectivity index (χ4n) is 3.18. The molecule has 32 heavy (non-hydrogen) atoms. The van der Waals surface area contributed by atoms with E-state index in [1.807, 2.05) is 70.2 Å². The standard InChI is InChI=1S/C22H20F3NO.C3H6.C2H6/c1-15(19-11-5-8-17-7-2-3-10-20(17)19)26-21(27)13-12-16-6-4-9-18(14-16)22(23,24)25;1-3-2;1-2/h2-11,14-15H,12-13H2,1H3,(H,26,27);3H,1H2,2H3;1-2H3/t15-;;/m1../s1. The minimum Gasteiger partial charge on any atom is -0.350 e. The molecule has 0 saturated carbocycles. The zero-order valence-corrected chi connectivity index (χ0v) is 19.2. The quantitative estimate of drug-likeness (QED) is 0.399. The molecular weight excluding hydrogens is 411 g/mol. The van der Waals surface area contributed by atoms with E-state index >= 15 is 0 Å². The second-order valence-electron chi connectivity index (χ2n) is 6.96. The Hall–Kier alpha value is -3.08. The van der Waals surface area contributed by atoms with Gasteiger partial charge in [-0.25, -0.2) is 0 Å². The molecule has 2 nitrogen and oxygen atoms in total. The number of hydrogen-bond donors (Lipinski definition) is 1. The number of benzene rings is 3. The molecule has 0 aliphatic carbocycles. The molecule has 0 bridgehead atoms. The van der Waals surface area contributed by atoms with Crippen molar-refractivity contribution >= 4 is 16.7 Å². The first-order valence-corrected chi connectivity index (χ1v) is 10.8. The van der Waals surface area contributed by atoms with Crippen molar-refractivity contribution < 1.29 is 18.0 Å². The average Bonchev–Trinajstić information content (AvgIpc) is 2.79. The van der Waals surface area contributed by atoms with Crippen LogP contribution >= 0.6 is 0 Å². The highest BCUT2D eigenvalue weighted by Crippen LogP contribution is 2.30. The number of hydrogen-bond acceptors (Lipinski definition) is 1. The van der Waals surface area contributed by atoms with Gasteiger partial charge >= 0.3 is 6.18 Å². The van der Waals surface area contributed by atoms with Crippen molar-refractivity contribution in [2.24, 2.45) is 0 Å². The van der Waals surface area contributed by atoms with Crippen molar-refractivity contribution in [1.29, 1.82) is 0 Å². The van der Waals surface area contributed by atoms with E-state index in [1.165, 1.54) is 6.07 Å². The molecule has 0 unspecified atom stereocenters. The van der Waals surface area contributed by atoms with E-state index in [9.17, 15) is 18.0 Å². The Labute approximate surface area is 189 Å². The van der Waals surface area contributed by atoms with Crippen LogP contribution in [0.25, 0.3) is 10.8 Å². The molecule has 5 heteroatoms. The summed E-state index contributed by atoms with van der Waals surface area (Å²) in [7, 11) is 0. The first-order valence-electron chi connectivity index (χ1n) is 10.8. The molecule has 3 rings (SSSR count). The Morgan fingerprint density at radius 1 is 1.03 bits per heavy atom. The maximum atomic E-state index is 12.8. The van der Waals surface area contributed by atoms with E-state index in [0.717, 1.165) is 28.5 Å². The van der Waals surface area contributed by atoms with Crippen molar-refractivity contribution in [2.45, 2.75) is 52.8 Å². The third-order valence-corrected chi connectivity index (χ3v) is 4.56. The van der Waals surface area contributed by atoms with Gasteiger partial charge in [0.25, 0.3) is 0 Å². The molecule has 0 spiro atoms. The highest BCUT2D eigenvalue weighted by molar-refractivity contribution is 5.86. The highest BCUT2D eigenvalue weighted by atomic mass is 19.4. The normalized spacial score (nSPS) is 11.3. The van der Waals surface area contributed by atoms with Crippen LogP contribution in [0.1, 0.15) is 56.8 Å². The molecule has 0 aromatic heterocycles. The van der Waals surface area contributed by atoms with Crippen LogP contribution in [0.3, 0.4) is 0 Å². The van der Waals surface area contributed by atoms with Gasteiger partial charge in [0.05, 0.1) is 11.6 Å². The van der Waals surface area contributed by atoms with Crippen LogP contribution in [-0.4, -0.2) is 5.91 Å². The van der Waals surface area contributed by atoms with Gasteiger partial charge in [-0.15, -0.1) is 6.58 Å². The smallest absolute Gasteiger partial charge is 0.350 e. The van der Waals surface area contributed by atoms with Crippen molar-refractivity contribution in [3.05, 3.63) is 96.1 Å². The number of carbonyl (C=O) groups is 1. The molecule has 1 amide bonds. The number of carbonyl (C=O) groups excluding carboxylic acids is 1. The van der Waals surface area contributed by atoms with E-state index in [1.54, 1.807) is 12.1 Å². The van der Waals surface area contributed by atoms with E-state index in [0.29, 0.717) is 5.56 Å². The van der Waals surface area contributed by atoms with Crippen LogP contribution in [0.4, 0.5) is 13.2 Å². The molecule has 172 valence electrons. The zero-order chi connectivity index (χ0) is 24.1. The van der Waals surface area contributed by atoms with Gasteiger partial charge in [0.1, 0.15) is 0 Å². The van der Waals surface area contributed by atoms with Crippen LogP contribution in [0, 0.1) is 0 Å². The number of amides is 1. The van der Waals surface area contributed by atoms with Crippen molar-refractivity contribution in [1.82, 2.24) is 5.32 Å². The fraction of sp³-hybridized carbons (Fsp3) is 0.296. The van der Waals surface area contributed by atoms with Crippen molar-refractivity contribution in [3.63, 3.8) is 0 Å². The molecule has 0 aliphatic heterocycles. The van der Waals surface area contributed by atoms with E-state index in [4.69, 9.17) is 0 Å². The largest absolute Gasteiger partial charge is 0.416 e. The lowest BCUT2D eigenvalue weighted by Gasteiger charge is -2.17. The van der Waals surface area contributed by atoms with Gasteiger partial charge in [-0.1, -0.05) is 80.6 Å². The predicted octanol–water partition coefficient (Wildman–Crippen LogP) is 7.89. The minimum absolute atomic E-state index is 0.135. The minimum atomic E-state index is -4.37. The summed E-state index contributed by atoms with van der Waals surface area (Å²) in [4.78, 5) is 12.3. The first-order chi connectivity index (χ1) is 15.3. The lowest BCUT2D eigenvalue weighted by Crippen LogP contribution is -2.27. The monoisotopic (exact) mass is 443 g/mol. The van der Waals surface area contributed by atoms with Gasteiger partial charge in [-0.3, -0.25) is 4.79 Å². The Morgan fingerprint density at radius 3 is 2.28 bits per heavy atom. The lowest BCUT2D eigenvalue weighted by molar-refractivity contribution is -0.137. The van der Waals surface area contributed by atoms with Gasteiger partial charge in [-0.2, -0.15) is 13.2 Å². The topological polar surface area (TPSA) is 29.1 Å². The summed E-state index contributed by atoms with van der Waals surface area (Å²) < 4.78 is 38.3. The Balaban J connectivity index is 0.000000944. The summed E-state index contributed by atoms with van der Waals surface area (Å²) in [5.74, 6) is -0.187. The average molecular weight is 444 g/mol. The summed E-state index contributed by atoms with van der Waals surface area (Å²) in [6.07, 6.45) is -2.23. The molecule has 1 atom stereocenters. The lowest BCUT2D eigenvalue weighted by atomic mass is 9.99. The Kier molecular flexibility index (Phi) is 11.3. The summed E-state index contributed by atoms with van der Waals surface area (Å²) in [5.41, 5.74) is 0.822. The molecular formula is C27H32F3NO. The number of rotatable bonds is 5. The molecule has 3 aromatic rings. The molecule has 1 N–H and O–H groups in total. The third-order valence-electron chi connectivity index (χ3n) is 4.56. The summed E-state index contributed by atoms with van der Waals surface area (Å²) in [5, 5.41) is 5.11. The van der Waals surface area contributed by atoms with Crippen molar-refractivity contribution in [2.75, 3.05) is 0 Å². The van der Waals surface area contributed by atoms with Crippen LogP contribution in [-0.2, 0) is 17.4 Å². The van der Waals surface area contributed by atoms with Crippen LogP contribution in [0.5, 0.6) is 0 Å². The molecule has 0 aliphatic rings. The second-order valence-corrected chi connectivity index (χ2v) is 6.96. The van der Waals surface area contributed by atoms with Gasteiger partial charge in [-0.05, 0) is 48.2 Å². The summed E-state index contributed by atoms with van der Waals surface area (Å²) >= 11 is 0. The number of halogens is 3. The summed E-state index contributed by atoms with van der Waals surface area (Å²) in [6.45, 7) is 11.2. The van der Waals surface area contributed by atoms with Crippen LogP contribution in [0.15, 0.2) is 79.4 Å². The van der Waals surface area contributed by atoms with Crippen LogP contribution in [0.2, 0.25) is 0 Å². The maximum Gasteiger partial charge on any atom is 0.416 e. The number of allylic oxidation sites excluding steroid dienone is 1. The number of alkyl halides is 3. The Bertz CT molecular complexity index is 990. The molecule has 0 saturated heterocycles. The second kappa shape index (κ2) is 13.4. The first kappa shape index (κ1) is 27.0. The number of nitrogens with one attached hydrogen (secondary N) is 1. The van der Waals surface area contributed by atoms with Gasteiger partial charge in [0.15, 0.2) is 0 Å². The molecule has 3 aromatic carbocycles.